The summed E-state index contributed by atoms with van der Waals surface area (Å²) in [4.78, 5) is 15.7. The lowest BCUT2D eigenvalue weighted by Crippen LogP contribution is -2.06. The van der Waals surface area contributed by atoms with Crippen LogP contribution in [0, 0.1) is 0 Å². The number of aromatic nitrogens is 1. The zero-order chi connectivity index (χ0) is 17.3. The smallest absolute Gasteiger partial charge is 0.416 e. The average molecular weight is 332 g/mol. The van der Waals surface area contributed by atoms with E-state index in [0.717, 1.165) is 12.1 Å². The van der Waals surface area contributed by atoms with Crippen molar-refractivity contribution in [2.45, 2.75) is 6.18 Å². The number of anilines is 2. The van der Waals surface area contributed by atoms with Crippen LogP contribution in [-0.4, -0.2) is 16.1 Å². The number of pyridine rings is 1. The molecular formula is C17H11F3N2O2. The Kier molecular flexibility index (Phi) is 3.84. The van der Waals surface area contributed by atoms with E-state index in [9.17, 15) is 23.1 Å². The fraction of sp³-hybridized carbons (Fsp3) is 0.0588. The third kappa shape index (κ3) is 3.15. The minimum atomic E-state index is -4.46. The van der Waals surface area contributed by atoms with E-state index in [0.29, 0.717) is 10.9 Å². The van der Waals surface area contributed by atoms with Crippen LogP contribution < -0.4 is 5.32 Å². The molecule has 0 aliphatic rings. The Labute approximate surface area is 134 Å². The predicted molar refractivity (Wildman–Crippen MR) is 83.4 cm³/mol. The number of carbonyl (C=O) groups is 1. The summed E-state index contributed by atoms with van der Waals surface area (Å²) in [5.74, 6) is -0.980. The van der Waals surface area contributed by atoms with Crippen LogP contribution in [0.4, 0.5) is 24.7 Å². The van der Waals surface area contributed by atoms with Crippen LogP contribution >= 0.6 is 0 Å². The number of carboxylic acids is 1. The Morgan fingerprint density at radius 3 is 2.50 bits per heavy atom. The summed E-state index contributed by atoms with van der Waals surface area (Å²) >= 11 is 0. The zero-order valence-electron chi connectivity index (χ0n) is 12.1. The summed E-state index contributed by atoms with van der Waals surface area (Å²) in [6.45, 7) is 0. The molecule has 0 atom stereocenters. The summed E-state index contributed by atoms with van der Waals surface area (Å²) in [5, 5.41) is 12.5. The standard InChI is InChI=1S/C17H11F3N2O2/c18-17(19,20)10-4-3-5-11(8-10)21-15-9-13(16(23)24)12-6-1-2-7-14(12)22-15/h1-9H,(H,21,22)(H,23,24). The molecule has 3 aromatic rings. The number of fused-ring (bicyclic) bond motifs is 1. The van der Waals surface area contributed by atoms with Crippen molar-refractivity contribution in [1.29, 1.82) is 0 Å². The molecule has 4 nitrogen and oxygen atoms in total. The van der Waals surface area contributed by atoms with Crippen LogP contribution in [0.3, 0.4) is 0 Å². The van der Waals surface area contributed by atoms with E-state index in [-0.39, 0.29) is 17.1 Å². The van der Waals surface area contributed by atoms with Gasteiger partial charge in [-0.1, -0.05) is 24.3 Å². The van der Waals surface area contributed by atoms with Gasteiger partial charge in [0.2, 0.25) is 0 Å². The van der Waals surface area contributed by atoms with Crippen molar-refractivity contribution in [3.05, 3.63) is 65.7 Å². The number of alkyl halides is 3. The molecule has 0 bridgehead atoms. The van der Waals surface area contributed by atoms with Gasteiger partial charge in [-0.15, -0.1) is 0 Å². The summed E-state index contributed by atoms with van der Waals surface area (Å²) in [5.41, 5.74) is -0.169. The Hall–Kier alpha value is -3.09. The topological polar surface area (TPSA) is 62.2 Å². The van der Waals surface area contributed by atoms with Gasteiger partial charge < -0.3 is 10.4 Å². The van der Waals surface area contributed by atoms with E-state index in [1.54, 1.807) is 24.3 Å². The molecule has 0 radical (unpaired) electrons. The number of rotatable bonds is 3. The van der Waals surface area contributed by atoms with Gasteiger partial charge >= 0.3 is 12.1 Å². The fourth-order valence-electron chi connectivity index (χ4n) is 2.34. The lowest BCUT2D eigenvalue weighted by Gasteiger charge is -2.11. The maximum Gasteiger partial charge on any atom is 0.416 e. The van der Waals surface area contributed by atoms with Crippen LogP contribution in [0.2, 0.25) is 0 Å². The van der Waals surface area contributed by atoms with Gasteiger partial charge in [0.1, 0.15) is 5.82 Å². The second-order valence-corrected chi connectivity index (χ2v) is 5.08. The minimum absolute atomic E-state index is 0.0232. The Balaban J connectivity index is 2.03. The third-order valence-electron chi connectivity index (χ3n) is 3.41. The van der Waals surface area contributed by atoms with Crippen molar-refractivity contribution < 1.29 is 23.1 Å². The SMILES string of the molecule is O=C(O)c1cc(Nc2cccc(C(F)(F)F)c2)nc2ccccc12. The number of nitrogens with zero attached hydrogens (tertiary/aromatic N) is 1. The van der Waals surface area contributed by atoms with Crippen molar-refractivity contribution in [2.24, 2.45) is 0 Å². The monoisotopic (exact) mass is 332 g/mol. The number of nitrogens with one attached hydrogen (secondary N) is 1. The van der Waals surface area contributed by atoms with Crippen molar-refractivity contribution in [3.63, 3.8) is 0 Å². The molecule has 0 aliphatic heterocycles. The molecule has 122 valence electrons. The highest BCUT2D eigenvalue weighted by Crippen LogP contribution is 2.31. The van der Waals surface area contributed by atoms with Gasteiger partial charge in [0.25, 0.3) is 0 Å². The maximum atomic E-state index is 12.8. The molecule has 0 unspecified atom stereocenters. The molecule has 24 heavy (non-hydrogen) atoms. The molecule has 0 saturated heterocycles. The normalized spacial score (nSPS) is 11.5. The molecule has 0 amide bonds. The highest BCUT2D eigenvalue weighted by Gasteiger charge is 2.30. The first-order valence-corrected chi connectivity index (χ1v) is 6.92. The summed E-state index contributed by atoms with van der Waals surface area (Å²) in [6, 6.07) is 12.6. The molecule has 2 aromatic carbocycles. The van der Waals surface area contributed by atoms with Crippen LogP contribution in [0.1, 0.15) is 15.9 Å². The van der Waals surface area contributed by atoms with E-state index < -0.39 is 17.7 Å². The zero-order valence-corrected chi connectivity index (χ0v) is 12.1. The number of aromatic carboxylic acids is 1. The van der Waals surface area contributed by atoms with Crippen molar-refractivity contribution in [3.8, 4) is 0 Å². The predicted octanol–water partition coefficient (Wildman–Crippen LogP) is 4.70. The van der Waals surface area contributed by atoms with Gasteiger partial charge in [-0.2, -0.15) is 13.2 Å². The van der Waals surface area contributed by atoms with Gasteiger partial charge in [-0.05, 0) is 30.3 Å². The molecular weight excluding hydrogens is 321 g/mol. The first-order valence-electron chi connectivity index (χ1n) is 6.92. The van der Waals surface area contributed by atoms with E-state index in [2.05, 4.69) is 10.3 Å². The van der Waals surface area contributed by atoms with E-state index >= 15 is 0 Å². The highest BCUT2D eigenvalue weighted by atomic mass is 19.4. The summed E-state index contributed by atoms with van der Waals surface area (Å²) in [6.07, 6.45) is -4.46. The van der Waals surface area contributed by atoms with Crippen molar-refractivity contribution >= 4 is 28.4 Å². The highest BCUT2D eigenvalue weighted by molar-refractivity contribution is 6.03. The van der Waals surface area contributed by atoms with Gasteiger partial charge in [0.05, 0.1) is 16.6 Å². The fourth-order valence-corrected chi connectivity index (χ4v) is 2.34. The first-order chi connectivity index (χ1) is 11.3. The summed E-state index contributed by atoms with van der Waals surface area (Å²) < 4.78 is 38.3. The number of hydrogen-bond donors (Lipinski definition) is 2. The molecule has 1 aromatic heterocycles. The van der Waals surface area contributed by atoms with Crippen molar-refractivity contribution in [1.82, 2.24) is 4.98 Å². The second kappa shape index (κ2) is 5.84. The summed E-state index contributed by atoms with van der Waals surface area (Å²) in [7, 11) is 0. The van der Waals surface area contributed by atoms with Crippen molar-refractivity contribution in [2.75, 3.05) is 5.32 Å². The molecule has 3 rings (SSSR count). The Morgan fingerprint density at radius 2 is 1.79 bits per heavy atom. The van der Waals surface area contributed by atoms with Gasteiger partial charge in [0, 0.05) is 11.1 Å². The van der Waals surface area contributed by atoms with E-state index in [1.807, 2.05) is 0 Å². The van der Waals surface area contributed by atoms with Gasteiger partial charge in [-0.3, -0.25) is 0 Å². The van der Waals surface area contributed by atoms with Crippen LogP contribution in [0.25, 0.3) is 10.9 Å². The van der Waals surface area contributed by atoms with Crippen LogP contribution in [0.5, 0.6) is 0 Å². The van der Waals surface area contributed by atoms with Gasteiger partial charge in [-0.25, -0.2) is 9.78 Å². The Bertz CT molecular complexity index is 923. The number of carboxylic acid groups (broad SMARTS) is 1. The third-order valence-corrected chi connectivity index (χ3v) is 3.41. The van der Waals surface area contributed by atoms with E-state index in [4.69, 9.17) is 0 Å². The number of halogens is 3. The Morgan fingerprint density at radius 1 is 1.04 bits per heavy atom. The maximum absolute atomic E-state index is 12.8. The molecule has 1 heterocycles. The molecule has 0 aliphatic carbocycles. The lowest BCUT2D eigenvalue weighted by atomic mass is 10.1. The quantitative estimate of drug-likeness (QED) is 0.730. The molecule has 0 spiro atoms. The van der Waals surface area contributed by atoms with Crippen LogP contribution in [-0.2, 0) is 6.18 Å². The minimum Gasteiger partial charge on any atom is -0.478 e. The lowest BCUT2D eigenvalue weighted by molar-refractivity contribution is -0.137. The second-order valence-electron chi connectivity index (χ2n) is 5.08. The number of benzene rings is 2. The molecule has 0 saturated carbocycles. The average Bonchev–Trinajstić information content (AvgIpc) is 2.53. The number of hydrogen-bond acceptors (Lipinski definition) is 3. The molecule has 7 heteroatoms. The van der Waals surface area contributed by atoms with Gasteiger partial charge in [0.15, 0.2) is 0 Å². The first kappa shape index (κ1) is 15.8. The van der Waals surface area contributed by atoms with Crippen LogP contribution in [0.15, 0.2) is 54.6 Å². The largest absolute Gasteiger partial charge is 0.478 e. The molecule has 0 fully saturated rings. The number of para-hydroxylation sites is 1. The van der Waals surface area contributed by atoms with E-state index in [1.165, 1.54) is 18.2 Å². The molecule has 2 N–H and O–H groups in total.